The monoisotopic (exact) mass is 238 g/mol. The molecule has 0 aromatic carbocycles. The van der Waals surface area contributed by atoms with Crippen LogP contribution in [0.3, 0.4) is 0 Å². The van der Waals surface area contributed by atoms with Crippen LogP contribution in [0.4, 0.5) is 0 Å². The molecule has 0 aromatic rings. The minimum atomic E-state index is 0.349. The number of hydrogen-bond acceptors (Lipinski definition) is 2. The van der Waals surface area contributed by atoms with E-state index in [0.29, 0.717) is 5.54 Å². The minimum absolute atomic E-state index is 0.349. The second-order valence-electron chi connectivity index (χ2n) is 6.62. The second kappa shape index (κ2) is 5.71. The lowest BCUT2D eigenvalue weighted by Crippen LogP contribution is -2.55. The first-order valence-corrected chi connectivity index (χ1v) is 7.65. The van der Waals surface area contributed by atoms with E-state index in [1.54, 1.807) is 0 Å². The Labute approximate surface area is 107 Å². The van der Waals surface area contributed by atoms with Gasteiger partial charge in [0.2, 0.25) is 0 Å². The van der Waals surface area contributed by atoms with Crippen LogP contribution in [-0.4, -0.2) is 29.6 Å². The molecule has 0 aromatic heterocycles. The van der Waals surface area contributed by atoms with E-state index in [1.165, 1.54) is 57.9 Å². The SMILES string of the molecule is CC(C)CN(C1CC1)C1(CN)CCCCCC1. The molecule has 2 fully saturated rings. The Hall–Kier alpha value is -0.0800. The zero-order chi connectivity index (χ0) is 12.3. The highest BCUT2D eigenvalue weighted by Gasteiger charge is 2.43. The van der Waals surface area contributed by atoms with Gasteiger partial charge < -0.3 is 5.73 Å². The van der Waals surface area contributed by atoms with Crippen LogP contribution in [0.25, 0.3) is 0 Å². The van der Waals surface area contributed by atoms with Gasteiger partial charge in [0, 0.05) is 24.7 Å². The second-order valence-corrected chi connectivity index (χ2v) is 6.62. The molecule has 0 atom stereocenters. The average molecular weight is 238 g/mol. The van der Waals surface area contributed by atoms with Gasteiger partial charge in [-0.2, -0.15) is 0 Å². The molecule has 2 heteroatoms. The number of rotatable bonds is 5. The molecular formula is C15H30N2. The van der Waals surface area contributed by atoms with Crippen molar-refractivity contribution in [2.24, 2.45) is 11.7 Å². The topological polar surface area (TPSA) is 29.3 Å². The van der Waals surface area contributed by atoms with E-state index < -0.39 is 0 Å². The summed E-state index contributed by atoms with van der Waals surface area (Å²) in [5.74, 6) is 0.766. The molecule has 2 saturated carbocycles. The number of nitrogens with two attached hydrogens (primary N) is 1. The van der Waals surface area contributed by atoms with Crippen molar-refractivity contribution >= 4 is 0 Å². The minimum Gasteiger partial charge on any atom is -0.329 e. The van der Waals surface area contributed by atoms with Gasteiger partial charge in [-0.25, -0.2) is 0 Å². The van der Waals surface area contributed by atoms with E-state index in [2.05, 4.69) is 18.7 Å². The van der Waals surface area contributed by atoms with Crippen molar-refractivity contribution in [2.75, 3.05) is 13.1 Å². The van der Waals surface area contributed by atoms with Crippen molar-refractivity contribution in [2.45, 2.75) is 76.8 Å². The van der Waals surface area contributed by atoms with Crippen molar-refractivity contribution < 1.29 is 0 Å². The van der Waals surface area contributed by atoms with Crippen LogP contribution in [0, 0.1) is 5.92 Å². The van der Waals surface area contributed by atoms with Gasteiger partial charge in [-0.1, -0.05) is 39.5 Å². The quantitative estimate of drug-likeness (QED) is 0.746. The molecule has 0 aliphatic heterocycles. The highest BCUT2D eigenvalue weighted by Crippen LogP contribution is 2.40. The van der Waals surface area contributed by atoms with Crippen LogP contribution < -0.4 is 5.73 Å². The number of hydrogen-bond donors (Lipinski definition) is 1. The molecule has 0 bridgehead atoms. The summed E-state index contributed by atoms with van der Waals surface area (Å²) in [5.41, 5.74) is 6.56. The number of nitrogens with zero attached hydrogens (tertiary/aromatic N) is 1. The van der Waals surface area contributed by atoms with Crippen LogP contribution in [0.5, 0.6) is 0 Å². The third-order valence-electron chi connectivity index (χ3n) is 4.57. The first-order chi connectivity index (χ1) is 8.18. The standard InChI is InChI=1S/C15H30N2/c1-13(2)11-17(14-7-8-14)15(12-16)9-5-3-4-6-10-15/h13-14H,3-12,16H2,1-2H3. The largest absolute Gasteiger partial charge is 0.329 e. The van der Waals surface area contributed by atoms with Crippen molar-refractivity contribution in [1.29, 1.82) is 0 Å². The molecule has 0 unspecified atom stereocenters. The lowest BCUT2D eigenvalue weighted by Gasteiger charge is -2.44. The molecule has 2 aliphatic carbocycles. The zero-order valence-electron chi connectivity index (χ0n) is 11.8. The van der Waals surface area contributed by atoms with Gasteiger partial charge in [0.25, 0.3) is 0 Å². The zero-order valence-corrected chi connectivity index (χ0v) is 11.8. The van der Waals surface area contributed by atoms with Crippen LogP contribution >= 0.6 is 0 Å². The normalized spacial score (nSPS) is 25.2. The van der Waals surface area contributed by atoms with Crippen LogP contribution in [0.15, 0.2) is 0 Å². The van der Waals surface area contributed by atoms with Gasteiger partial charge in [0.05, 0.1) is 0 Å². The van der Waals surface area contributed by atoms with E-state index in [4.69, 9.17) is 5.73 Å². The fourth-order valence-corrected chi connectivity index (χ4v) is 3.50. The van der Waals surface area contributed by atoms with Gasteiger partial charge in [0.15, 0.2) is 0 Å². The average Bonchev–Trinajstić information content (AvgIpc) is 3.13. The van der Waals surface area contributed by atoms with Crippen molar-refractivity contribution in [3.8, 4) is 0 Å². The maximum absolute atomic E-state index is 6.21. The molecule has 17 heavy (non-hydrogen) atoms. The Morgan fingerprint density at radius 3 is 2.12 bits per heavy atom. The van der Waals surface area contributed by atoms with Gasteiger partial charge in [-0.05, 0) is 31.6 Å². The first kappa shape index (κ1) is 13.4. The summed E-state index contributed by atoms with van der Waals surface area (Å²) in [6, 6.07) is 0.860. The molecule has 0 amide bonds. The third kappa shape index (κ3) is 3.23. The Balaban J connectivity index is 2.10. The lowest BCUT2D eigenvalue weighted by molar-refractivity contribution is 0.0574. The van der Waals surface area contributed by atoms with Crippen LogP contribution in [-0.2, 0) is 0 Å². The van der Waals surface area contributed by atoms with Crippen molar-refractivity contribution in [3.63, 3.8) is 0 Å². The lowest BCUT2D eigenvalue weighted by atomic mass is 9.87. The first-order valence-electron chi connectivity index (χ1n) is 7.65. The maximum Gasteiger partial charge on any atom is 0.0334 e. The molecule has 2 nitrogen and oxygen atoms in total. The summed E-state index contributed by atoms with van der Waals surface area (Å²) in [6.45, 7) is 6.81. The molecular weight excluding hydrogens is 208 g/mol. The Kier molecular flexibility index (Phi) is 4.48. The Morgan fingerprint density at radius 2 is 1.71 bits per heavy atom. The fourth-order valence-electron chi connectivity index (χ4n) is 3.50. The van der Waals surface area contributed by atoms with E-state index in [1.807, 2.05) is 0 Å². The van der Waals surface area contributed by atoms with E-state index in [9.17, 15) is 0 Å². The summed E-state index contributed by atoms with van der Waals surface area (Å²) in [7, 11) is 0. The predicted molar refractivity (Wildman–Crippen MR) is 74.1 cm³/mol. The van der Waals surface area contributed by atoms with Gasteiger partial charge in [0.1, 0.15) is 0 Å². The molecule has 2 rings (SSSR count). The predicted octanol–water partition coefficient (Wildman–Crippen LogP) is 3.16. The maximum atomic E-state index is 6.21. The highest BCUT2D eigenvalue weighted by molar-refractivity contribution is 5.00. The fraction of sp³-hybridized carbons (Fsp3) is 1.00. The smallest absolute Gasteiger partial charge is 0.0334 e. The van der Waals surface area contributed by atoms with Gasteiger partial charge in [-0.15, -0.1) is 0 Å². The van der Waals surface area contributed by atoms with Crippen molar-refractivity contribution in [1.82, 2.24) is 4.90 Å². The molecule has 2 aliphatic rings. The molecule has 2 N–H and O–H groups in total. The summed E-state index contributed by atoms with van der Waals surface area (Å²) in [6.07, 6.45) is 11.1. The van der Waals surface area contributed by atoms with Crippen molar-refractivity contribution in [3.05, 3.63) is 0 Å². The molecule has 0 spiro atoms. The Morgan fingerprint density at radius 1 is 1.12 bits per heavy atom. The summed E-state index contributed by atoms with van der Waals surface area (Å²) >= 11 is 0. The summed E-state index contributed by atoms with van der Waals surface area (Å²) < 4.78 is 0. The van der Waals surface area contributed by atoms with E-state index in [0.717, 1.165) is 18.5 Å². The molecule has 0 saturated heterocycles. The summed E-state index contributed by atoms with van der Waals surface area (Å²) in [5, 5.41) is 0. The van der Waals surface area contributed by atoms with E-state index >= 15 is 0 Å². The summed E-state index contributed by atoms with van der Waals surface area (Å²) in [4.78, 5) is 2.81. The van der Waals surface area contributed by atoms with Crippen LogP contribution in [0.2, 0.25) is 0 Å². The van der Waals surface area contributed by atoms with Crippen LogP contribution in [0.1, 0.15) is 65.2 Å². The highest BCUT2D eigenvalue weighted by atomic mass is 15.3. The third-order valence-corrected chi connectivity index (χ3v) is 4.57. The van der Waals surface area contributed by atoms with E-state index in [-0.39, 0.29) is 0 Å². The molecule has 0 heterocycles. The van der Waals surface area contributed by atoms with Gasteiger partial charge in [-0.3, -0.25) is 4.90 Å². The molecule has 100 valence electrons. The molecule has 0 radical (unpaired) electrons. The van der Waals surface area contributed by atoms with Gasteiger partial charge >= 0.3 is 0 Å². The Bertz CT molecular complexity index is 225.